The van der Waals surface area contributed by atoms with Crippen LogP contribution in [0, 0.1) is 0 Å². The third-order valence-corrected chi connectivity index (χ3v) is 6.09. The van der Waals surface area contributed by atoms with Gasteiger partial charge >= 0.3 is 0 Å². The van der Waals surface area contributed by atoms with E-state index in [1.165, 1.54) is 11.3 Å². The van der Waals surface area contributed by atoms with Crippen LogP contribution in [0.5, 0.6) is 11.5 Å². The summed E-state index contributed by atoms with van der Waals surface area (Å²) in [4.78, 5) is 18.6. The number of hydrogen-bond acceptors (Lipinski definition) is 5. The Labute approximate surface area is 179 Å². The number of amides is 1. The quantitative estimate of drug-likeness (QED) is 0.657. The highest BCUT2D eigenvalue weighted by atomic mass is 16.5. The van der Waals surface area contributed by atoms with Crippen molar-refractivity contribution in [1.29, 1.82) is 0 Å². The predicted molar refractivity (Wildman–Crippen MR) is 120 cm³/mol. The van der Waals surface area contributed by atoms with Gasteiger partial charge < -0.3 is 19.3 Å². The number of nitrogens with zero attached hydrogens (tertiary/aromatic N) is 3. The van der Waals surface area contributed by atoms with Crippen molar-refractivity contribution in [3.05, 3.63) is 48.0 Å². The molecule has 2 aliphatic heterocycles. The van der Waals surface area contributed by atoms with Gasteiger partial charge in [-0.25, -0.2) is 0 Å². The molecule has 1 amide bonds. The lowest BCUT2D eigenvalue weighted by Gasteiger charge is -2.36. The fourth-order valence-corrected chi connectivity index (χ4v) is 4.28. The minimum Gasteiger partial charge on any atom is -0.495 e. The lowest BCUT2D eigenvalue weighted by atomic mass is 10.0. The van der Waals surface area contributed by atoms with E-state index < -0.39 is 0 Å². The van der Waals surface area contributed by atoms with Crippen molar-refractivity contribution in [1.82, 2.24) is 4.90 Å². The monoisotopic (exact) mass is 409 g/mol. The number of benzene rings is 2. The Morgan fingerprint density at radius 1 is 0.967 bits per heavy atom. The highest BCUT2D eigenvalue weighted by Gasteiger charge is 2.21. The maximum absolute atomic E-state index is 11.9. The van der Waals surface area contributed by atoms with Crippen LogP contribution < -0.4 is 19.3 Å². The minimum absolute atomic E-state index is 0.173. The molecule has 160 valence electrons. The molecule has 0 saturated carbocycles. The average Bonchev–Trinajstić information content (AvgIpc) is 2.80. The number of fused-ring (bicyclic) bond motifs is 1. The maximum Gasteiger partial charge on any atom is 0.227 e. The number of ether oxygens (including phenoxy) is 2. The van der Waals surface area contributed by atoms with Crippen molar-refractivity contribution in [2.75, 3.05) is 63.3 Å². The van der Waals surface area contributed by atoms with E-state index in [1.54, 1.807) is 12.0 Å². The molecule has 0 aromatic heterocycles. The molecule has 0 unspecified atom stereocenters. The molecular weight excluding hydrogens is 378 g/mol. The molecule has 0 spiro atoms. The Hall–Kier alpha value is -2.73. The van der Waals surface area contributed by atoms with Crippen LogP contribution in [-0.2, 0) is 11.2 Å². The van der Waals surface area contributed by atoms with Gasteiger partial charge in [0.25, 0.3) is 0 Å². The molecule has 1 fully saturated rings. The molecule has 4 rings (SSSR count). The molecule has 0 radical (unpaired) electrons. The lowest BCUT2D eigenvalue weighted by molar-refractivity contribution is -0.118. The van der Waals surface area contributed by atoms with Crippen molar-refractivity contribution in [2.24, 2.45) is 0 Å². The third kappa shape index (κ3) is 4.54. The van der Waals surface area contributed by atoms with E-state index >= 15 is 0 Å². The van der Waals surface area contributed by atoms with Crippen molar-refractivity contribution < 1.29 is 14.3 Å². The first-order valence-corrected chi connectivity index (χ1v) is 10.8. The Morgan fingerprint density at radius 2 is 1.77 bits per heavy atom. The van der Waals surface area contributed by atoms with Crippen molar-refractivity contribution >= 4 is 17.3 Å². The zero-order valence-corrected chi connectivity index (χ0v) is 18.0. The summed E-state index contributed by atoms with van der Waals surface area (Å²) in [6.45, 7) is 5.82. The summed E-state index contributed by atoms with van der Waals surface area (Å²) in [5.41, 5.74) is 3.38. The van der Waals surface area contributed by atoms with Crippen molar-refractivity contribution in [3.63, 3.8) is 0 Å². The zero-order chi connectivity index (χ0) is 20.9. The number of para-hydroxylation sites is 2. The molecule has 6 nitrogen and oxygen atoms in total. The molecule has 0 atom stereocenters. The third-order valence-electron chi connectivity index (χ3n) is 6.09. The van der Waals surface area contributed by atoms with Crippen LogP contribution in [0.3, 0.4) is 0 Å². The topological polar surface area (TPSA) is 45.2 Å². The molecule has 30 heavy (non-hydrogen) atoms. The number of piperazine rings is 1. The van der Waals surface area contributed by atoms with Gasteiger partial charge in [0.05, 0.1) is 25.1 Å². The van der Waals surface area contributed by atoms with Gasteiger partial charge in [-0.05, 0) is 36.6 Å². The standard InChI is InChI=1S/C24H31N3O3/c1-25-22-18-20(10-8-19(22)9-11-24(25)28)30-17-5-12-26-13-15-27(16-14-26)21-6-3-4-7-23(21)29-2/h3-4,6-8,10,18H,5,9,11-17H2,1-2H3. The second-order valence-corrected chi connectivity index (χ2v) is 7.95. The van der Waals surface area contributed by atoms with Crippen molar-refractivity contribution in [3.8, 4) is 11.5 Å². The number of carbonyl (C=O) groups is 1. The lowest BCUT2D eigenvalue weighted by Crippen LogP contribution is -2.46. The Kier molecular flexibility index (Phi) is 6.43. The van der Waals surface area contributed by atoms with E-state index in [-0.39, 0.29) is 5.91 Å². The van der Waals surface area contributed by atoms with E-state index in [4.69, 9.17) is 9.47 Å². The molecule has 2 heterocycles. The SMILES string of the molecule is COc1ccccc1N1CCN(CCCOc2ccc3c(c2)N(C)C(=O)CC3)CC1. The maximum atomic E-state index is 11.9. The number of rotatable bonds is 7. The fourth-order valence-electron chi connectivity index (χ4n) is 4.28. The molecule has 0 N–H and O–H groups in total. The van der Waals surface area contributed by atoms with Gasteiger partial charge in [-0.1, -0.05) is 18.2 Å². The summed E-state index contributed by atoms with van der Waals surface area (Å²) < 4.78 is 11.5. The second kappa shape index (κ2) is 9.39. The van der Waals surface area contributed by atoms with Gasteiger partial charge in [0.15, 0.2) is 0 Å². The van der Waals surface area contributed by atoms with Crippen LogP contribution in [0.4, 0.5) is 11.4 Å². The van der Waals surface area contributed by atoms with Crippen LogP contribution in [0.15, 0.2) is 42.5 Å². The van der Waals surface area contributed by atoms with Gasteiger partial charge in [0, 0.05) is 52.3 Å². The highest BCUT2D eigenvalue weighted by Crippen LogP contribution is 2.31. The van der Waals surface area contributed by atoms with Crippen LogP contribution >= 0.6 is 0 Å². The second-order valence-electron chi connectivity index (χ2n) is 7.95. The largest absolute Gasteiger partial charge is 0.495 e. The minimum atomic E-state index is 0.173. The summed E-state index contributed by atoms with van der Waals surface area (Å²) in [5, 5.41) is 0. The molecule has 2 aromatic carbocycles. The molecule has 1 saturated heterocycles. The van der Waals surface area contributed by atoms with Gasteiger partial charge in [0.1, 0.15) is 11.5 Å². The van der Waals surface area contributed by atoms with Gasteiger partial charge in [-0.2, -0.15) is 0 Å². The Bertz CT molecular complexity index is 878. The molecule has 2 aliphatic rings. The Balaban J connectivity index is 1.21. The molecule has 0 bridgehead atoms. The van der Waals surface area contributed by atoms with Gasteiger partial charge in [-0.15, -0.1) is 0 Å². The van der Waals surface area contributed by atoms with Crippen LogP contribution in [0.25, 0.3) is 0 Å². The van der Waals surface area contributed by atoms with E-state index in [0.717, 1.165) is 62.8 Å². The molecular formula is C24H31N3O3. The summed E-state index contributed by atoms with van der Waals surface area (Å²) in [5.74, 6) is 1.96. The Morgan fingerprint density at radius 3 is 2.57 bits per heavy atom. The number of hydrogen-bond donors (Lipinski definition) is 0. The molecule has 0 aliphatic carbocycles. The highest BCUT2D eigenvalue weighted by molar-refractivity contribution is 5.96. The van der Waals surface area contributed by atoms with Crippen LogP contribution in [-0.4, -0.2) is 64.3 Å². The first-order chi connectivity index (χ1) is 14.7. The zero-order valence-electron chi connectivity index (χ0n) is 18.0. The van der Waals surface area contributed by atoms with Crippen molar-refractivity contribution in [2.45, 2.75) is 19.3 Å². The van der Waals surface area contributed by atoms with E-state index in [2.05, 4.69) is 28.0 Å². The predicted octanol–water partition coefficient (Wildman–Crippen LogP) is 3.20. The molecule has 2 aromatic rings. The fraction of sp³-hybridized carbons (Fsp3) is 0.458. The number of aryl methyl sites for hydroxylation is 1. The number of methoxy groups -OCH3 is 1. The van der Waals surface area contributed by atoms with Crippen LogP contribution in [0.1, 0.15) is 18.4 Å². The summed E-state index contributed by atoms with van der Waals surface area (Å²) in [6, 6.07) is 14.3. The van der Waals surface area contributed by atoms with E-state index in [9.17, 15) is 4.79 Å². The van der Waals surface area contributed by atoms with E-state index in [1.807, 2.05) is 31.3 Å². The first-order valence-electron chi connectivity index (χ1n) is 10.8. The van der Waals surface area contributed by atoms with E-state index in [0.29, 0.717) is 13.0 Å². The molecule has 6 heteroatoms. The summed E-state index contributed by atoms with van der Waals surface area (Å²) in [6.07, 6.45) is 2.40. The average molecular weight is 410 g/mol. The number of anilines is 2. The normalized spacial score (nSPS) is 17.1. The van der Waals surface area contributed by atoms with Gasteiger partial charge in [0.2, 0.25) is 5.91 Å². The van der Waals surface area contributed by atoms with Gasteiger partial charge in [-0.3, -0.25) is 9.69 Å². The smallest absolute Gasteiger partial charge is 0.227 e. The summed E-state index contributed by atoms with van der Waals surface area (Å²) in [7, 11) is 3.57. The first kappa shape index (κ1) is 20.5. The summed E-state index contributed by atoms with van der Waals surface area (Å²) >= 11 is 0. The number of carbonyl (C=O) groups excluding carboxylic acids is 1. The van der Waals surface area contributed by atoms with Crippen LogP contribution in [0.2, 0.25) is 0 Å².